The van der Waals surface area contributed by atoms with Crippen LogP contribution in [0.1, 0.15) is 19.3 Å². The number of esters is 1. The van der Waals surface area contributed by atoms with E-state index in [4.69, 9.17) is 10.5 Å². The Morgan fingerprint density at radius 2 is 2.21 bits per heavy atom. The SMILES string of the molecule is COC(=O)C1(N)CCC(Oc2cc(F)ccc2F)C1. The summed E-state index contributed by atoms with van der Waals surface area (Å²) in [6, 6.07) is 2.98. The van der Waals surface area contributed by atoms with Crippen molar-refractivity contribution < 1.29 is 23.0 Å². The van der Waals surface area contributed by atoms with Gasteiger partial charge in [-0.25, -0.2) is 8.78 Å². The third kappa shape index (κ3) is 2.84. The van der Waals surface area contributed by atoms with Gasteiger partial charge >= 0.3 is 5.97 Å². The molecule has 104 valence electrons. The Morgan fingerprint density at radius 1 is 1.47 bits per heavy atom. The predicted octanol–water partition coefficient (Wildman–Crippen LogP) is 1.77. The summed E-state index contributed by atoms with van der Waals surface area (Å²) < 4.78 is 36.4. The quantitative estimate of drug-likeness (QED) is 0.851. The molecule has 1 aliphatic rings. The molecule has 2 atom stereocenters. The van der Waals surface area contributed by atoms with E-state index in [9.17, 15) is 13.6 Å². The molecule has 0 radical (unpaired) electrons. The highest BCUT2D eigenvalue weighted by Gasteiger charge is 2.44. The molecule has 4 nitrogen and oxygen atoms in total. The lowest BCUT2D eigenvalue weighted by Gasteiger charge is -2.21. The van der Waals surface area contributed by atoms with Crippen LogP contribution in [0.5, 0.6) is 5.75 Å². The van der Waals surface area contributed by atoms with Crippen LogP contribution in [0.3, 0.4) is 0 Å². The molecule has 2 rings (SSSR count). The second-order valence-corrected chi connectivity index (χ2v) is 4.71. The van der Waals surface area contributed by atoms with Gasteiger partial charge in [0.15, 0.2) is 11.6 Å². The minimum Gasteiger partial charge on any atom is -0.487 e. The van der Waals surface area contributed by atoms with Crippen LogP contribution in [-0.4, -0.2) is 24.7 Å². The number of hydrogen-bond acceptors (Lipinski definition) is 4. The van der Waals surface area contributed by atoms with E-state index in [2.05, 4.69) is 4.74 Å². The van der Waals surface area contributed by atoms with Gasteiger partial charge in [-0.1, -0.05) is 0 Å². The lowest BCUT2D eigenvalue weighted by Crippen LogP contribution is -2.47. The summed E-state index contributed by atoms with van der Waals surface area (Å²) in [6.07, 6.45) is 0.666. The van der Waals surface area contributed by atoms with Crippen molar-refractivity contribution in [3.8, 4) is 5.75 Å². The molecule has 1 fully saturated rings. The molecule has 1 aromatic carbocycles. The van der Waals surface area contributed by atoms with Crippen LogP contribution in [0.4, 0.5) is 8.78 Å². The van der Waals surface area contributed by atoms with Crippen molar-refractivity contribution in [3.05, 3.63) is 29.8 Å². The molecular formula is C13H15F2NO3. The van der Waals surface area contributed by atoms with Gasteiger partial charge < -0.3 is 15.2 Å². The van der Waals surface area contributed by atoms with Gasteiger partial charge in [0.2, 0.25) is 0 Å². The molecule has 0 saturated heterocycles. The number of methoxy groups -OCH3 is 1. The molecule has 2 N–H and O–H groups in total. The number of ether oxygens (including phenoxy) is 2. The number of nitrogens with two attached hydrogens (primary N) is 1. The molecule has 2 unspecified atom stereocenters. The highest BCUT2D eigenvalue weighted by molar-refractivity contribution is 5.80. The van der Waals surface area contributed by atoms with Crippen LogP contribution in [0.25, 0.3) is 0 Å². The maximum atomic E-state index is 13.4. The maximum Gasteiger partial charge on any atom is 0.325 e. The van der Waals surface area contributed by atoms with Crippen molar-refractivity contribution in [1.82, 2.24) is 0 Å². The summed E-state index contributed by atoms with van der Waals surface area (Å²) in [5, 5.41) is 0. The van der Waals surface area contributed by atoms with E-state index in [1.54, 1.807) is 0 Å². The third-order valence-electron chi connectivity index (χ3n) is 3.28. The van der Waals surface area contributed by atoms with E-state index in [1.165, 1.54) is 7.11 Å². The molecule has 0 aliphatic heterocycles. The predicted molar refractivity (Wildman–Crippen MR) is 63.6 cm³/mol. The largest absolute Gasteiger partial charge is 0.487 e. The van der Waals surface area contributed by atoms with Gasteiger partial charge in [0.25, 0.3) is 0 Å². The lowest BCUT2D eigenvalue weighted by molar-refractivity contribution is -0.147. The highest BCUT2D eigenvalue weighted by atomic mass is 19.1. The standard InChI is InChI=1S/C13H15F2NO3/c1-18-12(17)13(16)5-4-9(7-13)19-11-6-8(14)2-3-10(11)15/h2-3,6,9H,4-5,7,16H2,1H3. The molecule has 0 amide bonds. The average molecular weight is 271 g/mol. The molecule has 0 bridgehead atoms. The fraction of sp³-hybridized carbons (Fsp3) is 0.462. The summed E-state index contributed by atoms with van der Waals surface area (Å²) in [4.78, 5) is 11.5. The Hall–Kier alpha value is -1.69. The summed E-state index contributed by atoms with van der Waals surface area (Å²) >= 11 is 0. The zero-order chi connectivity index (χ0) is 14.0. The Morgan fingerprint density at radius 3 is 2.89 bits per heavy atom. The molecule has 0 aromatic heterocycles. The van der Waals surface area contributed by atoms with Gasteiger partial charge in [0.05, 0.1) is 7.11 Å². The zero-order valence-electron chi connectivity index (χ0n) is 10.5. The van der Waals surface area contributed by atoms with E-state index >= 15 is 0 Å². The zero-order valence-corrected chi connectivity index (χ0v) is 10.5. The van der Waals surface area contributed by atoms with Crippen molar-refractivity contribution in [2.45, 2.75) is 30.9 Å². The molecular weight excluding hydrogens is 256 g/mol. The first-order valence-electron chi connectivity index (χ1n) is 5.93. The summed E-state index contributed by atoms with van der Waals surface area (Å²) in [7, 11) is 1.26. The Kier molecular flexibility index (Phi) is 3.71. The Bertz CT molecular complexity index is 495. The summed E-state index contributed by atoms with van der Waals surface area (Å²) in [5.74, 6) is -1.91. The minimum atomic E-state index is -1.11. The van der Waals surface area contributed by atoms with Gasteiger partial charge in [-0.2, -0.15) is 0 Å². The van der Waals surface area contributed by atoms with Gasteiger partial charge in [0.1, 0.15) is 17.5 Å². The number of rotatable bonds is 3. The second-order valence-electron chi connectivity index (χ2n) is 4.71. The first-order valence-corrected chi connectivity index (χ1v) is 5.93. The maximum absolute atomic E-state index is 13.4. The Labute approximate surface area is 109 Å². The monoisotopic (exact) mass is 271 g/mol. The van der Waals surface area contributed by atoms with Crippen LogP contribution < -0.4 is 10.5 Å². The van der Waals surface area contributed by atoms with E-state index < -0.39 is 29.2 Å². The molecule has 1 saturated carbocycles. The van der Waals surface area contributed by atoms with E-state index in [1.807, 2.05) is 0 Å². The van der Waals surface area contributed by atoms with Crippen LogP contribution >= 0.6 is 0 Å². The van der Waals surface area contributed by atoms with Gasteiger partial charge in [-0.15, -0.1) is 0 Å². The molecule has 0 spiro atoms. The van der Waals surface area contributed by atoms with Gasteiger partial charge in [-0.3, -0.25) is 4.79 Å². The van der Waals surface area contributed by atoms with Gasteiger partial charge in [-0.05, 0) is 25.0 Å². The number of benzene rings is 1. The average Bonchev–Trinajstić information content (AvgIpc) is 2.76. The van der Waals surface area contributed by atoms with E-state index in [0.717, 1.165) is 18.2 Å². The second kappa shape index (κ2) is 5.13. The highest BCUT2D eigenvalue weighted by Crippen LogP contribution is 2.32. The van der Waals surface area contributed by atoms with Crippen molar-refractivity contribution in [3.63, 3.8) is 0 Å². The minimum absolute atomic E-state index is 0.167. The van der Waals surface area contributed by atoms with Crippen LogP contribution in [-0.2, 0) is 9.53 Å². The Balaban J connectivity index is 2.06. The molecule has 1 aliphatic carbocycles. The number of carbonyl (C=O) groups excluding carboxylic acids is 1. The topological polar surface area (TPSA) is 61.5 Å². The summed E-state index contributed by atoms with van der Waals surface area (Å²) in [6.45, 7) is 0. The lowest BCUT2D eigenvalue weighted by atomic mass is 10.00. The smallest absolute Gasteiger partial charge is 0.325 e. The first-order chi connectivity index (χ1) is 8.94. The number of carbonyl (C=O) groups is 1. The molecule has 19 heavy (non-hydrogen) atoms. The normalized spacial score (nSPS) is 26.2. The first kappa shape index (κ1) is 13.7. The van der Waals surface area contributed by atoms with E-state index in [-0.39, 0.29) is 12.2 Å². The number of halogens is 2. The molecule has 6 heteroatoms. The van der Waals surface area contributed by atoms with Gasteiger partial charge in [0, 0.05) is 12.5 Å². The molecule has 0 heterocycles. The summed E-state index contributed by atoms with van der Waals surface area (Å²) in [5.41, 5.74) is 4.79. The van der Waals surface area contributed by atoms with Crippen molar-refractivity contribution in [2.75, 3.05) is 7.11 Å². The van der Waals surface area contributed by atoms with Crippen LogP contribution in [0.15, 0.2) is 18.2 Å². The number of hydrogen-bond donors (Lipinski definition) is 1. The van der Waals surface area contributed by atoms with Crippen molar-refractivity contribution in [1.29, 1.82) is 0 Å². The van der Waals surface area contributed by atoms with Crippen LogP contribution in [0.2, 0.25) is 0 Å². The molecule has 1 aromatic rings. The third-order valence-corrected chi connectivity index (χ3v) is 3.28. The van der Waals surface area contributed by atoms with Crippen molar-refractivity contribution >= 4 is 5.97 Å². The van der Waals surface area contributed by atoms with E-state index in [0.29, 0.717) is 12.8 Å². The fourth-order valence-electron chi connectivity index (χ4n) is 2.27. The fourth-order valence-corrected chi connectivity index (χ4v) is 2.27. The van der Waals surface area contributed by atoms with Crippen LogP contribution in [0, 0.1) is 11.6 Å². The van der Waals surface area contributed by atoms with Crippen molar-refractivity contribution in [2.24, 2.45) is 5.73 Å².